The fourth-order valence-electron chi connectivity index (χ4n) is 4.53. The van der Waals surface area contributed by atoms with E-state index >= 15 is 0 Å². The van der Waals surface area contributed by atoms with Crippen LogP contribution in [0.25, 0.3) is 0 Å². The van der Waals surface area contributed by atoms with Gasteiger partial charge in [-0.05, 0) is 45.1 Å². The molecular weight excluding hydrogens is 308 g/mol. The summed E-state index contributed by atoms with van der Waals surface area (Å²) < 4.78 is 11.2. The van der Waals surface area contributed by atoms with Crippen LogP contribution in [0.4, 0.5) is 0 Å². The van der Waals surface area contributed by atoms with Gasteiger partial charge in [-0.15, -0.1) is 0 Å². The molecule has 4 atom stereocenters. The molecule has 24 heavy (non-hydrogen) atoms. The molecule has 3 aliphatic rings. The standard InChI is InChI=1S/C18H32N2O4/c1-14(21)20-9-3-7-18(20)17-6-2-8-19(17)11-15(22)12-23-13-16-5-4-10-24-16/h15-18,22H,2-13H2,1H3/t15-,16-,17+,18-/m1/s1. The zero-order chi connectivity index (χ0) is 16.9. The van der Waals surface area contributed by atoms with Crippen LogP contribution < -0.4 is 0 Å². The number of carbonyl (C=O) groups is 1. The van der Waals surface area contributed by atoms with Gasteiger partial charge >= 0.3 is 0 Å². The number of carbonyl (C=O) groups excluding carboxylic acids is 1. The van der Waals surface area contributed by atoms with Gasteiger partial charge in [0.05, 0.1) is 25.4 Å². The SMILES string of the molecule is CC(=O)N1CCC[C@@H]1[C@@H]1CCCN1C[C@@H](O)COC[C@H]1CCCO1. The summed E-state index contributed by atoms with van der Waals surface area (Å²) in [7, 11) is 0. The minimum absolute atomic E-state index is 0.185. The first-order chi connectivity index (χ1) is 11.6. The molecule has 0 aromatic rings. The molecule has 0 spiro atoms. The molecular formula is C18H32N2O4. The molecule has 3 aliphatic heterocycles. The van der Waals surface area contributed by atoms with E-state index in [1.807, 2.05) is 4.90 Å². The maximum absolute atomic E-state index is 11.8. The summed E-state index contributed by atoms with van der Waals surface area (Å²) in [5.74, 6) is 0.185. The minimum Gasteiger partial charge on any atom is -0.389 e. The highest BCUT2D eigenvalue weighted by molar-refractivity contribution is 5.74. The average Bonchev–Trinajstić information content (AvgIpc) is 3.28. The van der Waals surface area contributed by atoms with Crippen molar-refractivity contribution < 1.29 is 19.4 Å². The van der Waals surface area contributed by atoms with E-state index < -0.39 is 6.10 Å². The Hall–Kier alpha value is -0.690. The summed E-state index contributed by atoms with van der Waals surface area (Å²) in [6, 6.07) is 0.717. The molecule has 0 bridgehead atoms. The number of ether oxygens (including phenoxy) is 2. The van der Waals surface area contributed by atoms with Crippen LogP contribution in [0.3, 0.4) is 0 Å². The fraction of sp³-hybridized carbons (Fsp3) is 0.944. The molecule has 3 fully saturated rings. The second-order valence-corrected chi connectivity index (χ2v) is 7.45. The van der Waals surface area contributed by atoms with E-state index in [1.165, 1.54) is 0 Å². The second-order valence-electron chi connectivity index (χ2n) is 7.45. The number of likely N-dealkylation sites (tertiary alicyclic amines) is 2. The molecule has 0 saturated carbocycles. The van der Waals surface area contributed by atoms with Crippen molar-refractivity contribution in [3.63, 3.8) is 0 Å². The first kappa shape index (κ1) is 18.1. The highest BCUT2D eigenvalue weighted by Crippen LogP contribution is 2.30. The van der Waals surface area contributed by atoms with E-state index in [1.54, 1.807) is 6.92 Å². The Labute approximate surface area is 145 Å². The van der Waals surface area contributed by atoms with E-state index in [-0.39, 0.29) is 12.0 Å². The number of aliphatic hydroxyl groups excluding tert-OH is 1. The number of nitrogens with zero attached hydrogens (tertiary/aromatic N) is 2. The first-order valence-electron chi connectivity index (χ1n) is 9.54. The van der Waals surface area contributed by atoms with Gasteiger partial charge in [-0.3, -0.25) is 9.69 Å². The van der Waals surface area contributed by atoms with Gasteiger partial charge in [0, 0.05) is 38.7 Å². The number of β-amino-alcohol motifs (C(OH)–C–C–N with tert-alkyl or cyclic N) is 1. The van der Waals surface area contributed by atoms with Gasteiger partial charge in [0.1, 0.15) is 0 Å². The Morgan fingerprint density at radius 1 is 1.21 bits per heavy atom. The third-order valence-corrected chi connectivity index (χ3v) is 5.65. The summed E-state index contributed by atoms with van der Waals surface area (Å²) >= 11 is 0. The van der Waals surface area contributed by atoms with Gasteiger partial charge < -0.3 is 19.5 Å². The molecule has 3 rings (SSSR count). The van der Waals surface area contributed by atoms with Gasteiger partial charge in [-0.2, -0.15) is 0 Å². The van der Waals surface area contributed by atoms with Crippen molar-refractivity contribution in [2.75, 3.05) is 39.5 Å². The Balaban J connectivity index is 1.43. The molecule has 0 radical (unpaired) electrons. The zero-order valence-electron chi connectivity index (χ0n) is 14.9. The molecule has 1 amide bonds. The third-order valence-electron chi connectivity index (χ3n) is 5.65. The molecule has 138 valence electrons. The van der Waals surface area contributed by atoms with Crippen molar-refractivity contribution in [3.8, 4) is 0 Å². The summed E-state index contributed by atoms with van der Waals surface area (Å²) in [6.07, 6.45) is 6.37. The molecule has 1 N–H and O–H groups in total. The van der Waals surface area contributed by atoms with Gasteiger partial charge in [0.2, 0.25) is 5.91 Å². The van der Waals surface area contributed by atoms with Crippen molar-refractivity contribution in [3.05, 3.63) is 0 Å². The van der Waals surface area contributed by atoms with E-state index in [4.69, 9.17) is 9.47 Å². The van der Waals surface area contributed by atoms with Crippen LogP contribution in [-0.4, -0.2) is 84.6 Å². The summed E-state index contributed by atoms with van der Waals surface area (Å²) in [5, 5.41) is 10.3. The van der Waals surface area contributed by atoms with Crippen LogP contribution in [-0.2, 0) is 14.3 Å². The minimum atomic E-state index is -0.473. The smallest absolute Gasteiger partial charge is 0.219 e. The van der Waals surface area contributed by atoms with Crippen molar-refractivity contribution in [2.24, 2.45) is 0 Å². The maximum Gasteiger partial charge on any atom is 0.219 e. The van der Waals surface area contributed by atoms with Gasteiger partial charge in [0.15, 0.2) is 0 Å². The monoisotopic (exact) mass is 340 g/mol. The van der Waals surface area contributed by atoms with Gasteiger partial charge in [-0.1, -0.05) is 0 Å². The number of amides is 1. The number of rotatable bonds is 7. The van der Waals surface area contributed by atoms with Crippen LogP contribution in [0.5, 0.6) is 0 Å². The molecule has 0 aliphatic carbocycles. The van der Waals surface area contributed by atoms with Crippen LogP contribution in [0, 0.1) is 0 Å². The number of hydrogen-bond acceptors (Lipinski definition) is 5. The average molecular weight is 340 g/mol. The van der Waals surface area contributed by atoms with Crippen molar-refractivity contribution in [1.82, 2.24) is 9.80 Å². The van der Waals surface area contributed by atoms with E-state index in [0.29, 0.717) is 31.8 Å². The van der Waals surface area contributed by atoms with E-state index in [2.05, 4.69) is 4.90 Å². The lowest BCUT2D eigenvalue weighted by atomic mass is 10.0. The predicted octanol–water partition coefficient (Wildman–Crippen LogP) is 1.02. The highest BCUT2D eigenvalue weighted by Gasteiger charge is 2.39. The maximum atomic E-state index is 11.8. The van der Waals surface area contributed by atoms with Gasteiger partial charge in [0.25, 0.3) is 0 Å². The largest absolute Gasteiger partial charge is 0.389 e. The fourth-order valence-corrected chi connectivity index (χ4v) is 4.53. The van der Waals surface area contributed by atoms with Crippen molar-refractivity contribution >= 4 is 5.91 Å². The van der Waals surface area contributed by atoms with E-state index in [0.717, 1.165) is 58.2 Å². The summed E-state index contributed by atoms with van der Waals surface area (Å²) in [6.45, 7) is 5.99. The molecule has 3 heterocycles. The molecule has 0 aromatic heterocycles. The number of hydrogen-bond donors (Lipinski definition) is 1. The van der Waals surface area contributed by atoms with Crippen LogP contribution >= 0.6 is 0 Å². The predicted molar refractivity (Wildman–Crippen MR) is 90.8 cm³/mol. The molecule has 6 nitrogen and oxygen atoms in total. The van der Waals surface area contributed by atoms with Crippen LogP contribution in [0.1, 0.15) is 45.4 Å². The topological polar surface area (TPSA) is 62.2 Å². The molecule has 6 heteroatoms. The molecule has 0 aromatic carbocycles. The lowest BCUT2D eigenvalue weighted by Crippen LogP contribution is -2.49. The second kappa shape index (κ2) is 8.61. The number of aliphatic hydroxyl groups is 1. The Morgan fingerprint density at radius 3 is 2.75 bits per heavy atom. The molecule has 3 saturated heterocycles. The Morgan fingerprint density at radius 2 is 2.00 bits per heavy atom. The zero-order valence-corrected chi connectivity index (χ0v) is 14.9. The normalized spacial score (nSPS) is 32.6. The quantitative estimate of drug-likeness (QED) is 0.750. The Bertz CT molecular complexity index is 414. The third kappa shape index (κ3) is 4.48. The van der Waals surface area contributed by atoms with Gasteiger partial charge in [-0.25, -0.2) is 0 Å². The lowest BCUT2D eigenvalue weighted by molar-refractivity contribution is -0.130. The highest BCUT2D eigenvalue weighted by atomic mass is 16.5. The molecule has 0 unspecified atom stereocenters. The van der Waals surface area contributed by atoms with Crippen LogP contribution in [0.2, 0.25) is 0 Å². The van der Waals surface area contributed by atoms with Crippen molar-refractivity contribution in [1.29, 1.82) is 0 Å². The summed E-state index contributed by atoms with van der Waals surface area (Å²) in [4.78, 5) is 16.2. The summed E-state index contributed by atoms with van der Waals surface area (Å²) in [5.41, 5.74) is 0. The van der Waals surface area contributed by atoms with E-state index in [9.17, 15) is 9.90 Å². The Kier molecular flexibility index (Phi) is 6.49. The lowest BCUT2D eigenvalue weighted by Gasteiger charge is -2.35. The van der Waals surface area contributed by atoms with Crippen LogP contribution in [0.15, 0.2) is 0 Å². The van der Waals surface area contributed by atoms with Crippen molar-refractivity contribution in [2.45, 2.75) is 69.7 Å². The first-order valence-corrected chi connectivity index (χ1v) is 9.54.